The summed E-state index contributed by atoms with van der Waals surface area (Å²) in [6, 6.07) is 10.2. The van der Waals surface area contributed by atoms with Crippen LogP contribution in [0.25, 0.3) is 10.9 Å². The molecule has 0 saturated heterocycles. The predicted octanol–water partition coefficient (Wildman–Crippen LogP) is 6.46. The van der Waals surface area contributed by atoms with Gasteiger partial charge in [0.15, 0.2) is 0 Å². The molecule has 1 heterocycles. The number of amides is 1. The van der Waals surface area contributed by atoms with Gasteiger partial charge in [-0.25, -0.2) is 4.98 Å². The lowest BCUT2D eigenvalue weighted by Crippen LogP contribution is -2.22. The lowest BCUT2D eigenvalue weighted by Gasteiger charge is -2.08. The topological polar surface area (TPSA) is 51.2 Å². The number of fused-ring (bicyclic) bond motifs is 1. The second-order valence-electron chi connectivity index (χ2n) is 8.17. The van der Waals surface area contributed by atoms with Gasteiger partial charge in [-0.2, -0.15) is 0 Å². The van der Waals surface area contributed by atoms with E-state index >= 15 is 0 Å². The van der Waals surface area contributed by atoms with Crippen molar-refractivity contribution in [2.75, 3.05) is 13.2 Å². The highest BCUT2D eigenvalue weighted by Gasteiger charge is 2.03. The fraction of sp³-hybridized carbons (Fsp3) is 0.407. The van der Waals surface area contributed by atoms with E-state index in [-0.39, 0.29) is 5.91 Å². The van der Waals surface area contributed by atoms with Crippen LogP contribution < -0.4 is 10.1 Å². The van der Waals surface area contributed by atoms with Crippen molar-refractivity contribution in [2.24, 2.45) is 0 Å². The smallest absolute Gasteiger partial charge is 0.244 e. The summed E-state index contributed by atoms with van der Waals surface area (Å²) >= 11 is 0. The van der Waals surface area contributed by atoms with Crippen molar-refractivity contribution in [3.63, 3.8) is 0 Å². The highest BCUT2D eigenvalue weighted by atomic mass is 16.5. The van der Waals surface area contributed by atoms with Gasteiger partial charge in [-0.15, -0.1) is 0 Å². The van der Waals surface area contributed by atoms with Gasteiger partial charge in [0.05, 0.1) is 12.1 Å². The molecule has 0 aliphatic heterocycles. The molecule has 0 spiro atoms. The number of nitrogens with one attached hydrogen (secondary N) is 1. The lowest BCUT2D eigenvalue weighted by atomic mass is 10.1. The molecule has 1 aromatic carbocycles. The van der Waals surface area contributed by atoms with Crippen LogP contribution >= 0.6 is 0 Å². The maximum atomic E-state index is 11.7. The molecule has 1 amide bonds. The van der Waals surface area contributed by atoms with Crippen LogP contribution in [-0.2, 0) is 4.79 Å². The Bertz CT molecular complexity index is 928. The minimum atomic E-state index is -0.0681. The third-order valence-electron chi connectivity index (χ3n) is 4.97. The Balaban J connectivity index is 1.54. The molecule has 1 aromatic heterocycles. The molecule has 0 fully saturated rings. The summed E-state index contributed by atoms with van der Waals surface area (Å²) in [6.07, 6.45) is 12.6. The Morgan fingerprint density at radius 1 is 1.13 bits per heavy atom. The number of benzene rings is 1. The molecule has 0 radical (unpaired) electrons. The Labute approximate surface area is 187 Å². The summed E-state index contributed by atoms with van der Waals surface area (Å²) in [5, 5.41) is 3.99. The molecule has 0 atom stereocenters. The monoisotopic (exact) mass is 420 g/mol. The van der Waals surface area contributed by atoms with E-state index in [1.165, 1.54) is 23.8 Å². The largest absolute Gasteiger partial charge is 0.478 e. The van der Waals surface area contributed by atoms with Gasteiger partial charge in [0.2, 0.25) is 11.8 Å². The highest BCUT2D eigenvalue weighted by Crippen LogP contribution is 2.21. The minimum Gasteiger partial charge on any atom is -0.478 e. The molecule has 4 heteroatoms. The van der Waals surface area contributed by atoms with Gasteiger partial charge in [-0.05, 0) is 57.2 Å². The molecule has 166 valence electrons. The first kappa shape index (κ1) is 24.4. The molecule has 0 unspecified atom stereocenters. The Morgan fingerprint density at radius 3 is 2.68 bits per heavy atom. The average molecular weight is 421 g/mol. The van der Waals surface area contributed by atoms with E-state index in [0.29, 0.717) is 13.2 Å². The standard InChI is InChI=1S/C27H36N2O2/c1-21(2)20-28-26(30)18-22(3)14-10-8-6-5-7-9-13-17-31-27-19-23(4)24-15-11-12-16-25(24)29-27/h10-12,14-16,18-19H,1,5-9,13,17,20H2,2-4H3,(H,28,30)/b14-10+,22-18+. The second kappa shape index (κ2) is 13.4. The van der Waals surface area contributed by atoms with Crippen molar-refractivity contribution < 1.29 is 9.53 Å². The van der Waals surface area contributed by atoms with Crippen LogP contribution in [-0.4, -0.2) is 24.0 Å². The molecule has 1 N–H and O–H groups in total. The zero-order valence-electron chi connectivity index (χ0n) is 19.2. The van der Waals surface area contributed by atoms with Gasteiger partial charge in [-0.1, -0.05) is 61.8 Å². The maximum Gasteiger partial charge on any atom is 0.244 e. The molecule has 4 nitrogen and oxygen atoms in total. The summed E-state index contributed by atoms with van der Waals surface area (Å²) in [5.41, 5.74) is 4.10. The van der Waals surface area contributed by atoms with Crippen LogP contribution in [0, 0.1) is 6.92 Å². The molecule has 2 rings (SSSR count). The van der Waals surface area contributed by atoms with Crippen molar-refractivity contribution in [1.29, 1.82) is 0 Å². The first-order valence-corrected chi connectivity index (χ1v) is 11.2. The van der Waals surface area contributed by atoms with Crippen molar-refractivity contribution in [2.45, 2.75) is 59.3 Å². The Hall–Kier alpha value is -2.88. The third-order valence-corrected chi connectivity index (χ3v) is 4.97. The first-order chi connectivity index (χ1) is 15.0. The molecule has 0 aliphatic carbocycles. The van der Waals surface area contributed by atoms with Crippen molar-refractivity contribution in [1.82, 2.24) is 10.3 Å². The number of unbranched alkanes of at least 4 members (excludes halogenated alkanes) is 5. The average Bonchev–Trinajstić information content (AvgIpc) is 2.73. The van der Waals surface area contributed by atoms with Gasteiger partial charge in [0, 0.05) is 24.1 Å². The van der Waals surface area contributed by atoms with E-state index in [0.717, 1.165) is 48.2 Å². The fourth-order valence-corrected chi connectivity index (χ4v) is 3.28. The van der Waals surface area contributed by atoms with E-state index < -0.39 is 0 Å². The zero-order valence-corrected chi connectivity index (χ0v) is 19.2. The van der Waals surface area contributed by atoms with E-state index in [4.69, 9.17) is 4.74 Å². The number of hydrogen-bond acceptors (Lipinski definition) is 3. The Kier molecular flexibility index (Phi) is 10.6. The predicted molar refractivity (Wildman–Crippen MR) is 130 cm³/mol. The summed E-state index contributed by atoms with van der Waals surface area (Å²) in [7, 11) is 0. The van der Waals surface area contributed by atoms with E-state index in [9.17, 15) is 4.79 Å². The van der Waals surface area contributed by atoms with E-state index in [2.05, 4.69) is 35.9 Å². The van der Waals surface area contributed by atoms with Crippen molar-refractivity contribution in [3.05, 3.63) is 71.8 Å². The van der Waals surface area contributed by atoms with Gasteiger partial charge in [0.25, 0.3) is 0 Å². The van der Waals surface area contributed by atoms with Crippen LogP contribution in [0.4, 0.5) is 0 Å². The third kappa shape index (κ3) is 9.65. The van der Waals surface area contributed by atoms with Crippen LogP contribution in [0.5, 0.6) is 5.88 Å². The normalized spacial score (nSPS) is 11.8. The molecule has 0 aliphatic rings. The first-order valence-electron chi connectivity index (χ1n) is 11.2. The number of aromatic nitrogens is 1. The van der Waals surface area contributed by atoms with Gasteiger partial charge in [0.1, 0.15) is 0 Å². The summed E-state index contributed by atoms with van der Waals surface area (Å²) < 4.78 is 5.86. The minimum absolute atomic E-state index is 0.0681. The van der Waals surface area contributed by atoms with Gasteiger partial charge < -0.3 is 10.1 Å². The number of para-hydroxylation sites is 1. The molecule has 2 aromatic rings. The zero-order chi connectivity index (χ0) is 22.5. The van der Waals surface area contributed by atoms with Crippen molar-refractivity contribution >= 4 is 16.8 Å². The van der Waals surface area contributed by atoms with E-state index in [1.54, 1.807) is 6.08 Å². The number of pyridine rings is 1. The van der Waals surface area contributed by atoms with Crippen LogP contribution in [0.15, 0.2) is 66.3 Å². The number of allylic oxidation sites excluding steroid dienone is 3. The summed E-state index contributed by atoms with van der Waals surface area (Å²) in [4.78, 5) is 16.3. The number of ether oxygens (including phenoxy) is 1. The SMILES string of the molecule is C=C(C)CNC(=O)/C=C(C)/C=C/CCCCCCCOc1cc(C)c2ccccc2n1. The summed E-state index contributed by atoms with van der Waals surface area (Å²) in [6.45, 7) is 11.0. The number of hydrogen-bond donors (Lipinski definition) is 1. The van der Waals surface area contributed by atoms with Crippen LogP contribution in [0.3, 0.4) is 0 Å². The Morgan fingerprint density at radius 2 is 1.87 bits per heavy atom. The number of carbonyl (C=O) groups is 1. The fourth-order valence-electron chi connectivity index (χ4n) is 3.28. The number of rotatable bonds is 13. The maximum absolute atomic E-state index is 11.7. The molecule has 0 saturated carbocycles. The number of carbonyl (C=O) groups excluding carboxylic acids is 1. The number of aryl methyl sites for hydroxylation is 1. The van der Waals surface area contributed by atoms with Crippen molar-refractivity contribution in [3.8, 4) is 5.88 Å². The molecular weight excluding hydrogens is 384 g/mol. The molecule has 31 heavy (non-hydrogen) atoms. The van der Waals surface area contributed by atoms with E-state index in [1.807, 2.05) is 44.2 Å². The van der Waals surface area contributed by atoms with Crippen LogP contribution in [0.1, 0.15) is 57.9 Å². The molecular formula is C27H36N2O2. The highest BCUT2D eigenvalue weighted by molar-refractivity contribution is 5.88. The quantitative estimate of drug-likeness (QED) is 0.175. The second-order valence-corrected chi connectivity index (χ2v) is 8.17. The van der Waals surface area contributed by atoms with Gasteiger partial charge in [-0.3, -0.25) is 4.79 Å². The number of nitrogens with zero attached hydrogens (tertiary/aromatic N) is 1. The summed E-state index contributed by atoms with van der Waals surface area (Å²) in [5.74, 6) is 0.652. The molecule has 0 bridgehead atoms. The van der Waals surface area contributed by atoms with Gasteiger partial charge >= 0.3 is 0 Å². The van der Waals surface area contributed by atoms with Crippen LogP contribution in [0.2, 0.25) is 0 Å². The lowest BCUT2D eigenvalue weighted by molar-refractivity contribution is -0.116.